The Morgan fingerprint density at radius 3 is 2.82 bits per heavy atom. The van der Waals surface area contributed by atoms with Gasteiger partial charge >= 0.3 is 5.97 Å². The molecule has 0 saturated heterocycles. The third-order valence-electron chi connectivity index (χ3n) is 1.99. The molecular formula is C8H6N2O5S2. The molecule has 0 aliphatic carbocycles. The number of carboxylic acid groups (broad SMARTS) is 1. The number of aromatic amines is 2. The van der Waals surface area contributed by atoms with Crippen molar-refractivity contribution in [3.8, 4) is 0 Å². The van der Waals surface area contributed by atoms with Crippen LogP contribution in [-0.4, -0.2) is 26.3 Å². The molecular weight excluding hydrogens is 268 g/mol. The lowest BCUT2D eigenvalue weighted by Gasteiger charge is -2.01. The van der Waals surface area contributed by atoms with E-state index in [-0.39, 0.29) is 5.56 Å². The maximum Gasteiger partial charge on any atom is 0.337 e. The van der Waals surface area contributed by atoms with Gasteiger partial charge in [0.15, 0.2) is 4.77 Å². The molecule has 0 radical (unpaired) electrons. The molecule has 9 heteroatoms. The average Bonchev–Trinajstić information content (AvgIpc) is 2.64. The minimum Gasteiger partial charge on any atom is -0.478 e. The lowest BCUT2D eigenvalue weighted by atomic mass is 10.2. The van der Waals surface area contributed by atoms with E-state index >= 15 is 0 Å². The van der Waals surface area contributed by atoms with Gasteiger partial charge in [0.25, 0.3) is 0 Å². The van der Waals surface area contributed by atoms with Crippen LogP contribution in [0.3, 0.4) is 0 Å². The van der Waals surface area contributed by atoms with Gasteiger partial charge in [0.1, 0.15) is 0 Å². The van der Waals surface area contributed by atoms with Gasteiger partial charge in [-0.25, -0.2) is 10.1 Å². The number of imidazole rings is 1. The molecule has 0 aliphatic rings. The highest BCUT2D eigenvalue weighted by Crippen LogP contribution is 2.26. The van der Waals surface area contributed by atoms with E-state index in [1.165, 1.54) is 6.07 Å². The number of benzene rings is 1. The normalized spacial score (nSPS) is 10.9. The van der Waals surface area contributed by atoms with Gasteiger partial charge in [-0.05, 0) is 24.4 Å². The van der Waals surface area contributed by atoms with Crippen molar-refractivity contribution in [2.24, 2.45) is 0 Å². The molecule has 0 spiro atoms. The lowest BCUT2D eigenvalue weighted by molar-refractivity contribution is -0.432. The van der Waals surface area contributed by atoms with Crippen LogP contribution >= 0.6 is 24.3 Å². The lowest BCUT2D eigenvalue weighted by Crippen LogP contribution is -1.98. The number of H-pyrrole nitrogens is 2. The Morgan fingerprint density at radius 1 is 1.41 bits per heavy atom. The number of rotatable bonds is 4. The second-order valence-corrected chi connectivity index (χ2v) is 4.19. The van der Waals surface area contributed by atoms with E-state index in [4.69, 9.17) is 22.6 Å². The van der Waals surface area contributed by atoms with E-state index in [9.17, 15) is 4.79 Å². The minimum absolute atomic E-state index is 0.0406. The maximum absolute atomic E-state index is 11.1. The van der Waals surface area contributed by atoms with Gasteiger partial charge in [-0.2, -0.15) is 0 Å². The summed E-state index contributed by atoms with van der Waals surface area (Å²) in [6, 6.07) is 2.98. The van der Waals surface area contributed by atoms with Gasteiger partial charge in [0.2, 0.25) is 0 Å². The Kier molecular flexibility index (Phi) is 3.45. The summed E-state index contributed by atoms with van der Waals surface area (Å²) in [7, 11) is 0. The van der Waals surface area contributed by atoms with Crippen LogP contribution < -0.4 is 0 Å². The Morgan fingerprint density at radius 2 is 2.18 bits per heavy atom. The highest BCUT2D eigenvalue weighted by atomic mass is 32.2. The van der Waals surface area contributed by atoms with Gasteiger partial charge in [0, 0.05) is 4.90 Å². The van der Waals surface area contributed by atoms with Crippen molar-refractivity contribution in [1.82, 2.24) is 9.97 Å². The van der Waals surface area contributed by atoms with Crippen LogP contribution in [0, 0.1) is 4.77 Å². The van der Waals surface area contributed by atoms with E-state index in [1.807, 2.05) is 0 Å². The summed E-state index contributed by atoms with van der Waals surface area (Å²) in [6.07, 6.45) is 0. The zero-order valence-corrected chi connectivity index (χ0v) is 9.72. The standard InChI is InChI=1S/C8H6N2O5S2/c11-7(12)4-1-3(17-15-14-13)2-5-6(4)10-8(16)9-5/h1-2,13H,(H,11,12)(H2,9,10,16). The van der Waals surface area contributed by atoms with E-state index in [0.717, 1.165) is 0 Å². The van der Waals surface area contributed by atoms with Crippen LogP contribution in [-0.2, 0) is 9.37 Å². The van der Waals surface area contributed by atoms with E-state index in [0.29, 0.717) is 32.7 Å². The topological polar surface area (TPSA) is 108 Å². The maximum atomic E-state index is 11.1. The zero-order chi connectivity index (χ0) is 12.4. The predicted molar refractivity (Wildman–Crippen MR) is 61.1 cm³/mol. The zero-order valence-electron chi connectivity index (χ0n) is 8.09. The van der Waals surface area contributed by atoms with Crippen molar-refractivity contribution in [3.05, 3.63) is 22.5 Å². The summed E-state index contributed by atoms with van der Waals surface area (Å²) in [5.41, 5.74) is 0.967. The molecule has 2 aromatic rings. The molecule has 0 aliphatic heterocycles. The van der Waals surface area contributed by atoms with Crippen LogP contribution in [0.1, 0.15) is 10.4 Å². The summed E-state index contributed by atoms with van der Waals surface area (Å²) < 4.78 is 4.56. The molecule has 1 aromatic carbocycles. The highest BCUT2D eigenvalue weighted by Gasteiger charge is 2.13. The summed E-state index contributed by atoms with van der Waals surface area (Å²) in [5.74, 6) is -1.10. The summed E-state index contributed by atoms with van der Waals surface area (Å²) >= 11 is 5.56. The molecule has 0 bridgehead atoms. The van der Waals surface area contributed by atoms with Crippen molar-refractivity contribution in [2.75, 3.05) is 0 Å². The first-order valence-corrected chi connectivity index (χ1v) is 5.41. The van der Waals surface area contributed by atoms with Gasteiger partial charge in [-0.15, -0.1) is 4.33 Å². The number of aromatic carboxylic acids is 1. The van der Waals surface area contributed by atoms with Gasteiger partial charge in [0.05, 0.1) is 28.6 Å². The number of hydrogen-bond donors (Lipinski definition) is 4. The van der Waals surface area contributed by atoms with E-state index < -0.39 is 5.97 Å². The molecule has 90 valence electrons. The average molecular weight is 274 g/mol. The van der Waals surface area contributed by atoms with Crippen molar-refractivity contribution in [3.63, 3.8) is 0 Å². The van der Waals surface area contributed by atoms with Crippen LogP contribution in [0.4, 0.5) is 0 Å². The van der Waals surface area contributed by atoms with Gasteiger partial charge in [-0.3, -0.25) is 0 Å². The van der Waals surface area contributed by atoms with Crippen LogP contribution in [0.25, 0.3) is 11.0 Å². The fraction of sp³-hybridized carbons (Fsp3) is 0. The molecule has 0 unspecified atom stereocenters. The molecule has 1 heterocycles. The summed E-state index contributed by atoms with van der Waals surface area (Å²) in [6.45, 7) is 0. The molecule has 0 saturated carbocycles. The largest absolute Gasteiger partial charge is 0.478 e. The van der Waals surface area contributed by atoms with Gasteiger partial charge < -0.3 is 15.1 Å². The number of fused-ring (bicyclic) bond motifs is 1. The SMILES string of the molecule is O=C(O)c1cc(SOOO)cc2[nH]c(=S)[nH]c12. The third-order valence-corrected chi connectivity index (χ3v) is 2.75. The predicted octanol–water partition coefficient (Wildman–Crippen LogP) is 2.35. The monoisotopic (exact) mass is 274 g/mol. The Hall–Kier alpha value is -1.39. The van der Waals surface area contributed by atoms with Crippen molar-refractivity contribution in [1.29, 1.82) is 0 Å². The second kappa shape index (κ2) is 4.85. The molecule has 0 amide bonds. The number of aromatic nitrogens is 2. The molecule has 7 nitrogen and oxygen atoms in total. The molecule has 0 fully saturated rings. The Bertz CT molecular complexity index is 620. The first-order valence-electron chi connectivity index (χ1n) is 4.26. The minimum atomic E-state index is -1.10. The van der Waals surface area contributed by atoms with E-state index in [1.54, 1.807) is 6.07 Å². The smallest absolute Gasteiger partial charge is 0.337 e. The quantitative estimate of drug-likeness (QED) is 0.293. The van der Waals surface area contributed by atoms with E-state index in [2.05, 4.69) is 19.3 Å². The molecule has 2 rings (SSSR count). The Labute approximate surface area is 103 Å². The number of hydrogen-bond acceptors (Lipinski definition) is 6. The molecule has 0 atom stereocenters. The number of carbonyl (C=O) groups is 1. The van der Waals surface area contributed by atoms with Crippen molar-refractivity contribution >= 4 is 41.3 Å². The first-order chi connectivity index (χ1) is 8.11. The molecule has 1 aromatic heterocycles. The number of nitrogens with one attached hydrogen (secondary N) is 2. The Balaban J connectivity index is 2.58. The van der Waals surface area contributed by atoms with Crippen molar-refractivity contribution < 1.29 is 24.5 Å². The molecule has 4 N–H and O–H groups in total. The van der Waals surface area contributed by atoms with Crippen LogP contribution in [0.2, 0.25) is 0 Å². The highest BCUT2D eigenvalue weighted by molar-refractivity contribution is 7.94. The van der Waals surface area contributed by atoms with Crippen LogP contribution in [0.15, 0.2) is 17.0 Å². The van der Waals surface area contributed by atoms with Crippen LogP contribution in [0.5, 0.6) is 0 Å². The third kappa shape index (κ3) is 2.48. The number of carboxylic acids is 1. The first kappa shape index (κ1) is 12.1. The summed E-state index contributed by atoms with van der Waals surface area (Å²) in [5, 5.41) is 20.5. The fourth-order valence-corrected chi connectivity index (χ4v) is 2.04. The second-order valence-electron chi connectivity index (χ2n) is 3.00. The summed E-state index contributed by atoms with van der Waals surface area (Å²) in [4.78, 5) is 17.0. The molecule has 17 heavy (non-hydrogen) atoms. The fourth-order valence-electron chi connectivity index (χ4n) is 1.39. The van der Waals surface area contributed by atoms with Gasteiger partial charge in [-0.1, -0.05) is 5.04 Å². The van der Waals surface area contributed by atoms with Crippen molar-refractivity contribution in [2.45, 2.75) is 4.90 Å².